The van der Waals surface area contributed by atoms with Gasteiger partial charge in [-0.3, -0.25) is 4.98 Å². The third-order valence-electron chi connectivity index (χ3n) is 2.77. The van der Waals surface area contributed by atoms with Crippen molar-refractivity contribution < 1.29 is 4.39 Å². The molecule has 0 unspecified atom stereocenters. The number of hydrogen-bond acceptors (Lipinski definition) is 6. The van der Waals surface area contributed by atoms with Crippen molar-refractivity contribution in [3.8, 4) is 10.6 Å². The Kier molecular flexibility index (Phi) is 6.01. The molecule has 0 aliphatic heterocycles. The van der Waals surface area contributed by atoms with E-state index in [9.17, 15) is 4.39 Å². The Morgan fingerprint density at radius 1 is 1.43 bits per heavy atom. The molecule has 0 aliphatic rings. The Balaban J connectivity index is 2.07. The Morgan fingerprint density at radius 3 is 2.95 bits per heavy atom. The lowest BCUT2D eigenvalue weighted by Gasteiger charge is -2.15. The number of hydrogen-bond donors (Lipinski definition) is 0. The van der Waals surface area contributed by atoms with Crippen molar-refractivity contribution in [2.45, 2.75) is 12.8 Å². The van der Waals surface area contributed by atoms with Crippen molar-refractivity contribution in [2.24, 2.45) is 0 Å². The fraction of sp³-hybridized carbons (Fsp3) is 0.385. The summed E-state index contributed by atoms with van der Waals surface area (Å²) in [6.45, 7) is 0. The summed E-state index contributed by atoms with van der Waals surface area (Å²) in [6, 6.07) is 1.40. The minimum Gasteiger partial charge on any atom is -0.314 e. The van der Waals surface area contributed by atoms with E-state index in [2.05, 4.69) is 21.4 Å². The van der Waals surface area contributed by atoms with E-state index in [0.29, 0.717) is 15.7 Å². The average Bonchev–Trinajstić information content (AvgIpc) is 2.96. The van der Waals surface area contributed by atoms with Gasteiger partial charge in [-0.1, -0.05) is 23.6 Å². The van der Waals surface area contributed by atoms with Gasteiger partial charge in [-0.15, -0.1) is 10.2 Å². The molecule has 2 aromatic rings. The predicted octanol–water partition coefficient (Wildman–Crippen LogP) is 3.65. The molecule has 0 amide bonds. The van der Waals surface area contributed by atoms with Crippen LogP contribution >= 0.6 is 35.3 Å². The van der Waals surface area contributed by atoms with E-state index in [1.54, 1.807) is 6.20 Å². The average molecular weight is 342 g/mol. The fourth-order valence-electron chi connectivity index (χ4n) is 1.64. The van der Waals surface area contributed by atoms with Crippen molar-refractivity contribution in [1.82, 2.24) is 15.2 Å². The molecule has 2 rings (SSSR count). The van der Waals surface area contributed by atoms with Gasteiger partial charge in [0.05, 0.1) is 11.2 Å². The largest absolute Gasteiger partial charge is 0.314 e. The minimum atomic E-state index is -0.384. The highest BCUT2D eigenvalue weighted by molar-refractivity contribution is 7.98. The summed E-state index contributed by atoms with van der Waals surface area (Å²) in [5, 5.41) is 9.55. The minimum absolute atomic E-state index is 0.384. The number of thiocarbonyl (C=S) groups is 1. The lowest BCUT2D eigenvalue weighted by Crippen LogP contribution is -2.24. The maximum Gasteiger partial charge on any atom is 0.213 e. The summed E-state index contributed by atoms with van der Waals surface area (Å²) >= 11 is 8.58. The van der Waals surface area contributed by atoms with Gasteiger partial charge in [-0.05, 0) is 30.9 Å². The molecular weight excluding hydrogens is 327 g/mol. The SMILES string of the molecule is CSCCCC(=S)N(C)c1nnc(-c2cncc(F)c2)s1. The quantitative estimate of drug-likeness (QED) is 0.590. The Morgan fingerprint density at radius 2 is 2.24 bits per heavy atom. The number of aromatic nitrogens is 3. The molecule has 0 saturated heterocycles. The second-order valence-electron chi connectivity index (χ2n) is 4.33. The smallest absolute Gasteiger partial charge is 0.213 e. The molecule has 0 aromatic carbocycles. The first-order valence-electron chi connectivity index (χ1n) is 6.31. The molecule has 21 heavy (non-hydrogen) atoms. The van der Waals surface area contributed by atoms with Crippen molar-refractivity contribution >= 4 is 45.4 Å². The van der Waals surface area contributed by atoms with Crippen LogP contribution in [0.3, 0.4) is 0 Å². The fourth-order valence-corrected chi connectivity index (χ4v) is 3.17. The van der Waals surface area contributed by atoms with Crippen LogP contribution in [0.4, 0.5) is 9.52 Å². The highest BCUT2D eigenvalue weighted by Gasteiger charge is 2.14. The van der Waals surface area contributed by atoms with E-state index in [-0.39, 0.29) is 5.82 Å². The van der Waals surface area contributed by atoms with Crippen LogP contribution in [0.2, 0.25) is 0 Å². The van der Waals surface area contributed by atoms with Gasteiger partial charge in [0.15, 0.2) is 5.01 Å². The van der Waals surface area contributed by atoms with Gasteiger partial charge in [-0.2, -0.15) is 11.8 Å². The number of pyridine rings is 1. The number of anilines is 1. The zero-order chi connectivity index (χ0) is 15.2. The van der Waals surface area contributed by atoms with Gasteiger partial charge < -0.3 is 4.90 Å². The normalized spacial score (nSPS) is 10.6. The molecule has 4 nitrogen and oxygen atoms in total. The third kappa shape index (κ3) is 4.42. The van der Waals surface area contributed by atoms with Crippen LogP contribution < -0.4 is 4.90 Å². The lowest BCUT2D eigenvalue weighted by molar-refractivity contribution is 0.622. The van der Waals surface area contributed by atoms with Crippen LogP contribution in [0.25, 0.3) is 10.6 Å². The summed E-state index contributed by atoms with van der Waals surface area (Å²) in [7, 11) is 1.88. The highest BCUT2D eigenvalue weighted by atomic mass is 32.2. The van der Waals surface area contributed by atoms with Crippen molar-refractivity contribution in [1.29, 1.82) is 0 Å². The van der Waals surface area contributed by atoms with Gasteiger partial charge >= 0.3 is 0 Å². The van der Waals surface area contributed by atoms with Crippen molar-refractivity contribution in [3.05, 3.63) is 24.3 Å². The topological polar surface area (TPSA) is 41.9 Å². The van der Waals surface area contributed by atoms with Crippen LogP contribution in [0.1, 0.15) is 12.8 Å². The van der Waals surface area contributed by atoms with Crippen LogP contribution in [-0.2, 0) is 0 Å². The van der Waals surface area contributed by atoms with Gasteiger partial charge in [0.1, 0.15) is 5.82 Å². The first kappa shape index (κ1) is 16.3. The summed E-state index contributed by atoms with van der Waals surface area (Å²) in [5.41, 5.74) is 0.625. The second kappa shape index (κ2) is 7.77. The summed E-state index contributed by atoms with van der Waals surface area (Å²) in [6.07, 6.45) is 6.71. The van der Waals surface area contributed by atoms with Gasteiger partial charge in [0.25, 0.3) is 0 Å². The molecule has 0 fully saturated rings. The molecule has 0 bridgehead atoms. The van der Waals surface area contributed by atoms with Crippen molar-refractivity contribution in [3.63, 3.8) is 0 Å². The maximum atomic E-state index is 13.2. The summed E-state index contributed by atoms with van der Waals surface area (Å²) < 4.78 is 13.2. The molecule has 0 saturated carbocycles. The van der Waals surface area contributed by atoms with E-state index in [4.69, 9.17) is 12.2 Å². The Hall–Kier alpha value is -1.12. The van der Waals surface area contributed by atoms with Crippen LogP contribution in [0.5, 0.6) is 0 Å². The molecule has 0 atom stereocenters. The van der Waals surface area contributed by atoms with Crippen molar-refractivity contribution in [2.75, 3.05) is 24.0 Å². The molecule has 0 aliphatic carbocycles. The Bertz CT molecular complexity index is 617. The third-order valence-corrected chi connectivity index (χ3v) is 4.99. The molecule has 0 spiro atoms. The van der Waals surface area contributed by atoms with Crippen LogP contribution in [-0.4, -0.2) is 39.2 Å². The molecule has 8 heteroatoms. The molecular formula is C13H15FN4S3. The molecule has 112 valence electrons. The predicted molar refractivity (Wildman–Crippen MR) is 91.7 cm³/mol. The Labute approximate surface area is 136 Å². The first-order valence-corrected chi connectivity index (χ1v) is 8.93. The summed E-state index contributed by atoms with van der Waals surface area (Å²) in [5.74, 6) is 0.704. The van der Waals surface area contributed by atoms with Gasteiger partial charge in [0, 0.05) is 18.8 Å². The second-order valence-corrected chi connectivity index (χ2v) is 6.74. The highest BCUT2D eigenvalue weighted by Crippen LogP contribution is 2.28. The van der Waals surface area contributed by atoms with Gasteiger partial charge in [0.2, 0.25) is 5.13 Å². The van der Waals surface area contributed by atoms with E-state index in [0.717, 1.165) is 23.6 Å². The van der Waals surface area contributed by atoms with E-state index in [1.807, 2.05) is 23.7 Å². The number of rotatable bonds is 6. The molecule has 0 radical (unpaired) electrons. The molecule has 2 aromatic heterocycles. The van der Waals surface area contributed by atoms with E-state index >= 15 is 0 Å². The number of thioether (sulfide) groups is 1. The first-order chi connectivity index (χ1) is 10.1. The monoisotopic (exact) mass is 342 g/mol. The maximum absolute atomic E-state index is 13.2. The molecule has 2 heterocycles. The zero-order valence-electron chi connectivity index (χ0n) is 11.7. The number of nitrogens with zero attached hydrogens (tertiary/aromatic N) is 4. The number of halogens is 1. The molecule has 0 N–H and O–H groups in total. The lowest BCUT2D eigenvalue weighted by atomic mass is 10.3. The standard InChI is InChI=1S/C13H15FN4S3/c1-18(11(19)4-3-5-20-2)13-17-16-12(21-13)9-6-10(14)8-15-7-9/h6-8H,3-5H2,1-2H3. The van der Waals surface area contributed by atoms with E-state index in [1.165, 1.54) is 23.6 Å². The van der Waals surface area contributed by atoms with Gasteiger partial charge in [-0.25, -0.2) is 4.39 Å². The van der Waals surface area contributed by atoms with Crippen LogP contribution in [0, 0.1) is 5.82 Å². The van der Waals surface area contributed by atoms with Crippen LogP contribution in [0.15, 0.2) is 18.5 Å². The summed E-state index contributed by atoms with van der Waals surface area (Å²) in [4.78, 5) is 6.52. The van der Waals surface area contributed by atoms with E-state index < -0.39 is 0 Å². The zero-order valence-corrected chi connectivity index (χ0v) is 14.2.